The molecule has 0 amide bonds. The van der Waals surface area contributed by atoms with E-state index in [-0.39, 0.29) is 17.4 Å². The van der Waals surface area contributed by atoms with Gasteiger partial charge in [-0.15, -0.1) is 0 Å². The molecule has 2 aromatic carbocycles. The Morgan fingerprint density at radius 3 is 2.82 bits per heavy atom. The van der Waals surface area contributed by atoms with Crippen LogP contribution in [0.5, 0.6) is 5.75 Å². The highest BCUT2D eigenvalue weighted by atomic mass is 16.3. The molecule has 0 fully saturated rings. The van der Waals surface area contributed by atoms with Crippen LogP contribution in [0.2, 0.25) is 0 Å². The first-order valence-electron chi connectivity index (χ1n) is 8.74. The van der Waals surface area contributed by atoms with Gasteiger partial charge in [0.1, 0.15) is 17.4 Å². The fourth-order valence-electron chi connectivity index (χ4n) is 3.11. The molecule has 7 heteroatoms. The second-order valence-corrected chi connectivity index (χ2v) is 6.62. The Morgan fingerprint density at radius 2 is 2.04 bits per heavy atom. The van der Waals surface area contributed by atoms with Gasteiger partial charge in [-0.3, -0.25) is 4.79 Å². The normalized spacial score (nSPS) is 11.5. The zero-order valence-electron chi connectivity index (χ0n) is 15.5. The molecule has 0 bridgehead atoms. The summed E-state index contributed by atoms with van der Waals surface area (Å²) in [5.74, 6) is 1.05. The third-order valence-electron chi connectivity index (χ3n) is 4.57. The van der Waals surface area contributed by atoms with Crippen molar-refractivity contribution < 1.29 is 9.90 Å². The van der Waals surface area contributed by atoms with Gasteiger partial charge in [0, 0.05) is 0 Å². The summed E-state index contributed by atoms with van der Waals surface area (Å²) in [5.41, 5.74) is 10.7. The number of aromatic amines is 1. The maximum atomic E-state index is 12.6. The third kappa shape index (κ3) is 3.14. The van der Waals surface area contributed by atoms with Crippen molar-refractivity contribution in [3.63, 3.8) is 0 Å². The summed E-state index contributed by atoms with van der Waals surface area (Å²) in [6.07, 6.45) is 4.62. The standard InChI is InChI=1S/C21H19N5O2/c1-12-9-16(27)6-3-14(12)4-8-20(28)17-11-23-26(21(17)22)15-5-7-18-19(10-15)25-13(2)24-18/h3-11,27H,22H2,1-2H3,(H,24,25)/b8-4+. The molecule has 0 radical (unpaired) electrons. The van der Waals surface area contributed by atoms with Crippen molar-refractivity contribution in [3.05, 3.63) is 71.2 Å². The van der Waals surface area contributed by atoms with E-state index in [0.717, 1.165) is 33.7 Å². The summed E-state index contributed by atoms with van der Waals surface area (Å²) < 4.78 is 1.53. The van der Waals surface area contributed by atoms with Crippen molar-refractivity contribution in [2.75, 3.05) is 5.73 Å². The maximum absolute atomic E-state index is 12.6. The van der Waals surface area contributed by atoms with E-state index in [1.807, 2.05) is 32.0 Å². The number of nitrogens with one attached hydrogen (secondary N) is 1. The first-order valence-corrected chi connectivity index (χ1v) is 8.74. The number of carbonyl (C=O) groups is 1. The molecule has 0 saturated carbocycles. The van der Waals surface area contributed by atoms with Crippen molar-refractivity contribution >= 4 is 28.7 Å². The number of aromatic nitrogens is 4. The number of benzene rings is 2. The Kier molecular flexibility index (Phi) is 4.19. The molecular weight excluding hydrogens is 354 g/mol. The molecule has 4 aromatic rings. The van der Waals surface area contributed by atoms with Crippen LogP contribution < -0.4 is 5.73 Å². The molecule has 0 saturated heterocycles. The monoisotopic (exact) mass is 373 g/mol. The number of H-pyrrole nitrogens is 1. The number of rotatable bonds is 4. The number of phenolic OH excluding ortho intramolecular Hbond substituents is 1. The van der Waals surface area contributed by atoms with Crippen LogP contribution in [0.3, 0.4) is 0 Å². The molecule has 0 aliphatic rings. The topological polar surface area (TPSA) is 110 Å². The van der Waals surface area contributed by atoms with Crippen LogP contribution in [-0.4, -0.2) is 30.6 Å². The highest BCUT2D eigenvalue weighted by molar-refractivity contribution is 6.09. The minimum absolute atomic E-state index is 0.191. The predicted octanol–water partition coefficient (Wildman–Crippen LogP) is 3.55. The van der Waals surface area contributed by atoms with Gasteiger partial charge in [-0.25, -0.2) is 9.67 Å². The number of hydrogen-bond acceptors (Lipinski definition) is 5. The van der Waals surface area contributed by atoms with Gasteiger partial charge in [0.2, 0.25) is 0 Å². The van der Waals surface area contributed by atoms with Crippen molar-refractivity contribution in [2.24, 2.45) is 0 Å². The van der Waals surface area contributed by atoms with E-state index in [2.05, 4.69) is 15.1 Å². The number of carbonyl (C=O) groups excluding carboxylic acids is 1. The predicted molar refractivity (Wildman–Crippen MR) is 109 cm³/mol. The number of imidazole rings is 1. The van der Waals surface area contributed by atoms with E-state index in [9.17, 15) is 9.90 Å². The lowest BCUT2D eigenvalue weighted by atomic mass is 10.1. The molecule has 2 heterocycles. The number of aryl methyl sites for hydroxylation is 2. The minimum atomic E-state index is -0.241. The average molecular weight is 373 g/mol. The van der Waals surface area contributed by atoms with Gasteiger partial charge >= 0.3 is 0 Å². The quantitative estimate of drug-likeness (QED) is 0.374. The SMILES string of the molecule is Cc1nc2ccc(-n3ncc(C(=O)/C=C/c4ccc(O)cc4C)c3N)cc2[nH]1. The largest absolute Gasteiger partial charge is 0.508 e. The molecule has 140 valence electrons. The van der Waals surface area contributed by atoms with Gasteiger partial charge < -0.3 is 15.8 Å². The number of aromatic hydroxyl groups is 1. The highest BCUT2D eigenvalue weighted by Crippen LogP contribution is 2.22. The first-order chi connectivity index (χ1) is 13.4. The van der Waals surface area contributed by atoms with E-state index in [1.54, 1.807) is 24.3 Å². The van der Waals surface area contributed by atoms with Crippen LogP contribution >= 0.6 is 0 Å². The molecule has 0 aliphatic carbocycles. The summed E-state index contributed by atoms with van der Waals surface area (Å²) in [7, 11) is 0. The Balaban J connectivity index is 1.63. The molecule has 0 spiro atoms. The van der Waals surface area contributed by atoms with Gasteiger partial charge in [-0.1, -0.05) is 12.1 Å². The molecule has 4 N–H and O–H groups in total. The van der Waals surface area contributed by atoms with Crippen LogP contribution in [0.15, 0.2) is 48.7 Å². The average Bonchev–Trinajstić information content (AvgIpc) is 3.21. The van der Waals surface area contributed by atoms with Gasteiger partial charge in [0.15, 0.2) is 5.78 Å². The van der Waals surface area contributed by atoms with Crippen LogP contribution in [0.1, 0.15) is 27.3 Å². The third-order valence-corrected chi connectivity index (χ3v) is 4.57. The van der Waals surface area contributed by atoms with Crippen LogP contribution in [-0.2, 0) is 0 Å². The van der Waals surface area contributed by atoms with Crippen molar-refractivity contribution in [1.29, 1.82) is 0 Å². The molecular formula is C21H19N5O2. The van der Waals surface area contributed by atoms with E-state index in [4.69, 9.17) is 5.73 Å². The van der Waals surface area contributed by atoms with Gasteiger partial charge in [0.05, 0.1) is 28.5 Å². The molecule has 0 unspecified atom stereocenters. The van der Waals surface area contributed by atoms with Gasteiger partial charge in [-0.2, -0.15) is 5.10 Å². The molecule has 0 atom stereocenters. The van der Waals surface area contributed by atoms with Gasteiger partial charge in [-0.05, 0) is 61.4 Å². The van der Waals surface area contributed by atoms with Crippen LogP contribution in [0.4, 0.5) is 5.82 Å². The Bertz CT molecular complexity index is 1230. The molecule has 4 rings (SSSR count). The van der Waals surface area contributed by atoms with Crippen molar-refractivity contribution in [2.45, 2.75) is 13.8 Å². The maximum Gasteiger partial charge on any atom is 0.191 e. The van der Waals surface area contributed by atoms with E-state index >= 15 is 0 Å². The number of ketones is 1. The van der Waals surface area contributed by atoms with Crippen molar-refractivity contribution in [1.82, 2.24) is 19.7 Å². The lowest BCUT2D eigenvalue weighted by Crippen LogP contribution is -2.05. The number of anilines is 1. The number of nitrogens with zero attached hydrogens (tertiary/aromatic N) is 3. The zero-order valence-corrected chi connectivity index (χ0v) is 15.5. The van der Waals surface area contributed by atoms with E-state index in [1.165, 1.54) is 17.0 Å². The second-order valence-electron chi connectivity index (χ2n) is 6.62. The number of nitrogens with two attached hydrogens (primary N) is 1. The first kappa shape index (κ1) is 17.5. The highest BCUT2D eigenvalue weighted by Gasteiger charge is 2.15. The number of fused-ring (bicyclic) bond motifs is 1. The molecule has 2 aromatic heterocycles. The summed E-state index contributed by atoms with van der Waals surface area (Å²) in [6, 6.07) is 10.6. The Hall–Kier alpha value is -3.87. The van der Waals surface area contributed by atoms with Crippen LogP contribution in [0.25, 0.3) is 22.8 Å². The summed E-state index contributed by atoms with van der Waals surface area (Å²) in [4.78, 5) is 20.1. The fraction of sp³-hybridized carbons (Fsp3) is 0.0952. The van der Waals surface area contributed by atoms with E-state index < -0.39 is 0 Å². The summed E-state index contributed by atoms with van der Waals surface area (Å²) >= 11 is 0. The number of hydrogen-bond donors (Lipinski definition) is 3. The lowest BCUT2D eigenvalue weighted by Gasteiger charge is -2.04. The summed E-state index contributed by atoms with van der Waals surface area (Å²) in [6.45, 7) is 3.75. The number of phenols is 1. The fourth-order valence-corrected chi connectivity index (χ4v) is 3.11. The second kappa shape index (κ2) is 6.70. The Morgan fingerprint density at radius 1 is 1.21 bits per heavy atom. The van der Waals surface area contributed by atoms with Gasteiger partial charge in [0.25, 0.3) is 0 Å². The summed E-state index contributed by atoms with van der Waals surface area (Å²) in [5, 5.41) is 13.8. The molecule has 7 nitrogen and oxygen atoms in total. The number of nitrogen functional groups attached to an aromatic ring is 1. The Labute approximate surface area is 161 Å². The zero-order chi connectivity index (χ0) is 19.8. The van der Waals surface area contributed by atoms with Crippen molar-refractivity contribution in [3.8, 4) is 11.4 Å². The van der Waals surface area contributed by atoms with E-state index in [0.29, 0.717) is 5.56 Å². The van der Waals surface area contributed by atoms with Crippen LogP contribution in [0, 0.1) is 13.8 Å². The lowest BCUT2D eigenvalue weighted by molar-refractivity contribution is 0.104. The molecule has 0 aliphatic heterocycles. The minimum Gasteiger partial charge on any atom is -0.508 e. The smallest absolute Gasteiger partial charge is 0.191 e. The number of allylic oxidation sites excluding steroid dienone is 1. The molecule has 28 heavy (non-hydrogen) atoms.